The molecule has 1 fully saturated rings. The van der Waals surface area contributed by atoms with Gasteiger partial charge in [-0.15, -0.1) is 0 Å². The van der Waals surface area contributed by atoms with Crippen LogP contribution in [-0.4, -0.2) is 18.8 Å². The quantitative estimate of drug-likeness (QED) is 0.549. The lowest BCUT2D eigenvalue weighted by molar-refractivity contribution is -0.118. The van der Waals surface area contributed by atoms with Gasteiger partial charge in [-0.05, 0) is 13.8 Å². The van der Waals surface area contributed by atoms with Crippen molar-refractivity contribution in [2.45, 2.75) is 20.3 Å². The van der Waals surface area contributed by atoms with Gasteiger partial charge in [0.2, 0.25) is 5.91 Å². The van der Waals surface area contributed by atoms with E-state index in [9.17, 15) is 4.79 Å². The number of hydrogen-bond acceptors (Lipinski definition) is 2. The molecular weight excluding hydrogens is 140 g/mol. The minimum absolute atomic E-state index is 0.0433. The average Bonchev–Trinajstić information content (AvgIpc) is 2.30. The number of aliphatic imine (C=N–C) groups is 1. The standard InChI is InChI=1S/C8H12N2O/c1-5(2)6-4-7(11)10-8(6)9-3/h4H2,1-3H3,(H,9,10,11). The van der Waals surface area contributed by atoms with Gasteiger partial charge in [0.05, 0.1) is 6.42 Å². The van der Waals surface area contributed by atoms with Crippen molar-refractivity contribution in [2.24, 2.45) is 4.99 Å². The van der Waals surface area contributed by atoms with Crippen LogP contribution in [0, 0.1) is 0 Å². The molecule has 1 saturated heterocycles. The van der Waals surface area contributed by atoms with E-state index in [-0.39, 0.29) is 5.91 Å². The molecule has 1 rings (SSSR count). The largest absolute Gasteiger partial charge is 0.310 e. The van der Waals surface area contributed by atoms with Crippen LogP contribution in [0.15, 0.2) is 16.1 Å². The van der Waals surface area contributed by atoms with E-state index in [2.05, 4.69) is 10.3 Å². The summed E-state index contributed by atoms with van der Waals surface area (Å²) in [6.45, 7) is 3.97. The first-order valence-electron chi connectivity index (χ1n) is 3.58. The molecule has 0 aromatic rings. The van der Waals surface area contributed by atoms with Crippen LogP contribution in [0.4, 0.5) is 0 Å². The zero-order chi connectivity index (χ0) is 8.43. The molecule has 0 aromatic heterocycles. The Morgan fingerprint density at radius 1 is 1.55 bits per heavy atom. The molecule has 11 heavy (non-hydrogen) atoms. The van der Waals surface area contributed by atoms with Gasteiger partial charge in [0, 0.05) is 12.6 Å². The smallest absolute Gasteiger partial charge is 0.230 e. The number of nitrogens with zero attached hydrogens (tertiary/aromatic N) is 1. The summed E-state index contributed by atoms with van der Waals surface area (Å²) in [6, 6.07) is 0. The van der Waals surface area contributed by atoms with Gasteiger partial charge in [0.15, 0.2) is 0 Å². The molecule has 1 amide bonds. The molecule has 1 aliphatic rings. The van der Waals surface area contributed by atoms with Gasteiger partial charge in [-0.3, -0.25) is 9.79 Å². The molecule has 0 bridgehead atoms. The number of hydrogen-bond donors (Lipinski definition) is 1. The second-order valence-corrected chi connectivity index (χ2v) is 2.78. The Bertz CT molecular complexity index is 247. The molecule has 0 radical (unpaired) electrons. The van der Waals surface area contributed by atoms with Crippen molar-refractivity contribution in [3.63, 3.8) is 0 Å². The normalized spacial score (nSPS) is 20.8. The summed E-state index contributed by atoms with van der Waals surface area (Å²) >= 11 is 0. The first-order valence-corrected chi connectivity index (χ1v) is 3.58. The fourth-order valence-corrected chi connectivity index (χ4v) is 1.10. The SMILES string of the molecule is CN=C1NC(=O)CC1=C(C)C. The third-order valence-corrected chi connectivity index (χ3v) is 1.71. The Hall–Kier alpha value is -1.12. The van der Waals surface area contributed by atoms with Crippen molar-refractivity contribution in [3.8, 4) is 0 Å². The Kier molecular flexibility index (Phi) is 2.08. The van der Waals surface area contributed by atoms with Crippen LogP contribution in [0.25, 0.3) is 0 Å². The van der Waals surface area contributed by atoms with Gasteiger partial charge in [-0.1, -0.05) is 5.57 Å². The van der Waals surface area contributed by atoms with Crippen molar-refractivity contribution < 1.29 is 4.79 Å². The topological polar surface area (TPSA) is 41.5 Å². The van der Waals surface area contributed by atoms with Crippen LogP contribution in [0.5, 0.6) is 0 Å². The molecule has 0 atom stereocenters. The van der Waals surface area contributed by atoms with Crippen LogP contribution in [0.2, 0.25) is 0 Å². The maximum atomic E-state index is 10.9. The maximum absolute atomic E-state index is 10.9. The second-order valence-electron chi connectivity index (χ2n) is 2.78. The van der Waals surface area contributed by atoms with E-state index in [1.54, 1.807) is 7.05 Å². The molecule has 3 heteroatoms. The van der Waals surface area contributed by atoms with Crippen LogP contribution in [0.3, 0.4) is 0 Å². The number of carbonyl (C=O) groups excluding carboxylic acids is 1. The number of amides is 1. The van der Waals surface area contributed by atoms with Crippen molar-refractivity contribution in [3.05, 3.63) is 11.1 Å². The predicted molar refractivity (Wildman–Crippen MR) is 44.5 cm³/mol. The molecule has 1 heterocycles. The van der Waals surface area contributed by atoms with E-state index < -0.39 is 0 Å². The highest BCUT2D eigenvalue weighted by Crippen LogP contribution is 2.14. The molecule has 0 aliphatic carbocycles. The fraction of sp³-hybridized carbons (Fsp3) is 0.500. The Morgan fingerprint density at radius 3 is 2.55 bits per heavy atom. The van der Waals surface area contributed by atoms with E-state index in [1.165, 1.54) is 0 Å². The molecule has 0 aromatic carbocycles. The summed E-state index contributed by atoms with van der Waals surface area (Å²) in [6.07, 6.45) is 0.481. The summed E-state index contributed by atoms with van der Waals surface area (Å²) in [5.74, 6) is 0.775. The molecule has 60 valence electrons. The molecule has 1 N–H and O–H groups in total. The summed E-state index contributed by atoms with van der Waals surface area (Å²) in [4.78, 5) is 14.9. The summed E-state index contributed by atoms with van der Waals surface area (Å²) in [7, 11) is 1.68. The molecule has 1 aliphatic heterocycles. The zero-order valence-electron chi connectivity index (χ0n) is 7.06. The number of nitrogens with one attached hydrogen (secondary N) is 1. The monoisotopic (exact) mass is 152 g/mol. The van der Waals surface area contributed by atoms with Gasteiger partial charge in [0.25, 0.3) is 0 Å². The van der Waals surface area contributed by atoms with Crippen LogP contribution >= 0.6 is 0 Å². The molecule has 0 unspecified atom stereocenters. The molecular formula is C8H12N2O. The Balaban J connectivity index is 3.00. The van der Waals surface area contributed by atoms with E-state index in [1.807, 2.05) is 13.8 Å². The number of carbonyl (C=O) groups is 1. The van der Waals surface area contributed by atoms with Crippen LogP contribution in [0.1, 0.15) is 20.3 Å². The lowest BCUT2D eigenvalue weighted by Crippen LogP contribution is -2.20. The Morgan fingerprint density at radius 2 is 2.18 bits per heavy atom. The van der Waals surface area contributed by atoms with Crippen molar-refractivity contribution in [1.29, 1.82) is 0 Å². The van der Waals surface area contributed by atoms with Gasteiger partial charge < -0.3 is 5.32 Å². The Labute approximate surface area is 66.2 Å². The highest BCUT2D eigenvalue weighted by Gasteiger charge is 2.21. The van der Waals surface area contributed by atoms with Gasteiger partial charge in [0.1, 0.15) is 5.84 Å². The number of allylic oxidation sites excluding steroid dienone is 1. The van der Waals surface area contributed by atoms with Crippen molar-refractivity contribution in [1.82, 2.24) is 5.32 Å². The second kappa shape index (κ2) is 2.86. The highest BCUT2D eigenvalue weighted by atomic mass is 16.1. The van der Waals surface area contributed by atoms with Crippen molar-refractivity contribution >= 4 is 11.7 Å². The first kappa shape index (κ1) is 7.98. The van der Waals surface area contributed by atoms with E-state index >= 15 is 0 Å². The maximum Gasteiger partial charge on any atom is 0.230 e. The summed E-state index contributed by atoms with van der Waals surface area (Å²) in [5.41, 5.74) is 2.20. The first-order chi connectivity index (χ1) is 5.15. The number of rotatable bonds is 0. The van der Waals surface area contributed by atoms with Gasteiger partial charge in [-0.25, -0.2) is 0 Å². The zero-order valence-corrected chi connectivity index (χ0v) is 7.06. The molecule has 0 saturated carbocycles. The minimum Gasteiger partial charge on any atom is -0.310 e. The molecule has 0 spiro atoms. The third-order valence-electron chi connectivity index (χ3n) is 1.71. The van der Waals surface area contributed by atoms with Crippen LogP contribution in [-0.2, 0) is 4.79 Å². The lowest BCUT2D eigenvalue weighted by atomic mass is 10.1. The van der Waals surface area contributed by atoms with E-state index in [4.69, 9.17) is 0 Å². The fourth-order valence-electron chi connectivity index (χ4n) is 1.10. The van der Waals surface area contributed by atoms with Crippen molar-refractivity contribution in [2.75, 3.05) is 7.05 Å². The third kappa shape index (κ3) is 1.48. The van der Waals surface area contributed by atoms with Gasteiger partial charge >= 0.3 is 0 Å². The average molecular weight is 152 g/mol. The van der Waals surface area contributed by atoms with Gasteiger partial charge in [-0.2, -0.15) is 0 Å². The predicted octanol–water partition coefficient (Wildman–Crippen LogP) is 0.871. The van der Waals surface area contributed by atoms with E-state index in [0.717, 1.165) is 17.0 Å². The summed E-state index contributed by atoms with van der Waals surface area (Å²) in [5, 5.41) is 2.69. The molecule has 3 nitrogen and oxygen atoms in total. The van der Waals surface area contributed by atoms with Crippen LogP contribution < -0.4 is 5.32 Å². The highest BCUT2D eigenvalue weighted by molar-refractivity contribution is 6.16. The minimum atomic E-state index is 0.0433. The number of amidine groups is 1. The van der Waals surface area contributed by atoms with E-state index in [0.29, 0.717) is 6.42 Å². The lowest BCUT2D eigenvalue weighted by Gasteiger charge is -1.98. The summed E-state index contributed by atoms with van der Waals surface area (Å²) < 4.78 is 0.